The van der Waals surface area contributed by atoms with Gasteiger partial charge in [-0.1, -0.05) is 68.5 Å². The second kappa shape index (κ2) is 11.0. The van der Waals surface area contributed by atoms with Gasteiger partial charge in [-0.25, -0.2) is 0 Å². The highest BCUT2D eigenvalue weighted by atomic mass is 16.5. The minimum atomic E-state index is -0.700. The Balaban J connectivity index is 2.09. The van der Waals surface area contributed by atoms with E-state index in [1.54, 1.807) is 23.1 Å². The molecule has 1 saturated heterocycles. The first-order chi connectivity index (χ1) is 15.9. The minimum Gasteiger partial charge on any atom is -0.507 e. The molecule has 0 saturated carbocycles. The summed E-state index contributed by atoms with van der Waals surface area (Å²) in [4.78, 5) is 30.0. The second-order valence-electron chi connectivity index (χ2n) is 8.06. The largest absolute Gasteiger partial charge is 0.507 e. The number of aliphatic hydroxyl groups excluding tert-OH is 1. The van der Waals surface area contributed by atoms with Gasteiger partial charge in [0.05, 0.1) is 11.6 Å². The number of ketones is 1. The Kier molecular flexibility index (Phi) is 8.06. The van der Waals surface area contributed by atoms with Crippen LogP contribution in [0.2, 0.25) is 0 Å². The van der Waals surface area contributed by atoms with Crippen LogP contribution in [0, 0.1) is 6.92 Å². The number of ether oxygens (including phenoxy) is 1. The van der Waals surface area contributed by atoms with Crippen molar-refractivity contribution >= 4 is 17.4 Å². The quantitative estimate of drug-likeness (QED) is 0.254. The van der Waals surface area contributed by atoms with Crippen molar-refractivity contribution in [1.82, 2.24) is 9.80 Å². The summed E-state index contributed by atoms with van der Waals surface area (Å²) in [6.07, 6.45) is 1.65. The zero-order valence-electron chi connectivity index (χ0n) is 19.6. The average Bonchev–Trinajstić information content (AvgIpc) is 3.08. The van der Waals surface area contributed by atoms with Gasteiger partial charge in [0.2, 0.25) is 0 Å². The number of benzene rings is 2. The first-order valence-corrected chi connectivity index (χ1v) is 11.3. The van der Waals surface area contributed by atoms with E-state index in [9.17, 15) is 14.7 Å². The summed E-state index contributed by atoms with van der Waals surface area (Å²) >= 11 is 0. The smallest absolute Gasteiger partial charge is 0.295 e. The van der Waals surface area contributed by atoms with E-state index in [1.165, 1.54) is 0 Å². The first kappa shape index (κ1) is 24.3. The fraction of sp³-hybridized carbons (Fsp3) is 0.333. The van der Waals surface area contributed by atoms with Crippen molar-refractivity contribution in [3.05, 3.63) is 83.4 Å². The molecule has 6 heteroatoms. The maximum atomic E-state index is 13.2. The van der Waals surface area contributed by atoms with Gasteiger partial charge in [0.25, 0.3) is 11.7 Å². The Morgan fingerprint density at radius 3 is 2.48 bits per heavy atom. The molecule has 6 nitrogen and oxygen atoms in total. The number of amides is 1. The summed E-state index contributed by atoms with van der Waals surface area (Å²) in [6.45, 7) is 12.8. The third-order valence-corrected chi connectivity index (χ3v) is 5.96. The van der Waals surface area contributed by atoms with Gasteiger partial charge in [-0.2, -0.15) is 0 Å². The van der Waals surface area contributed by atoms with Gasteiger partial charge in [-0.05, 0) is 37.7 Å². The fourth-order valence-corrected chi connectivity index (χ4v) is 4.04. The maximum Gasteiger partial charge on any atom is 0.295 e. The van der Waals surface area contributed by atoms with Gasteiger partial charge in [0.1, 0.15) is 18.1 Å². The van der Waals surface area contributed by atoms with Gasteiger partial charge in [0, 0.05) is 18.7 Å². The summed E-state index contributed by atoms with van der Waals surface area (Å²) in [5.74, 6) is -0.827. The molecule has 1 amide bonds. The fourth-order valence-electron chi connectivity index (χ4n) is 4.04. The molecule has 1 heterocycles. The van der Waals surface area contributed by atoms with E-state index in [-0.39, 0.29) is 11.3 Å². The number of nitrogens with zero attached hydrogens (tertiary/aromatic N) is 2. The number of likely N-dealkylation sites (N-methyl/N-ethyl adjacent to an activating group) is 1. The molecule has 0 aliphatic carbocycles. The number of hydrogen-bond acceptors (Lipinski definition) is 5. The van der Waals surface area contributed by atoms with Gasteiger partial charge in [-0.15, -0.1) is 0 Å². The van der Waals surface area contributed by atoms with Crippen LogP contribution in [0.1, 0.15) is 36.6 Å². The number of likely N-dealkylation sites (tertiary alicyclic amines) is 1. The topological polar surface area (TPSA) is 70.1 Å². The van der Waals surface area contributed by atoms with Crippen molar-refractivity contribution in [3.8, 4) is 5.75 Å². The Morgan fingerprint density at radius 2 is 1.85 bits per heavy atom. The van der Waals surface area contributed by atoms with Crippen LogP contribution in [0.15, 0.2) is 66.8 Å². The van der Waals surface area contributed by atoms with Crippen molar-refractivity contribution < 1.29 is 19.4 Å². The SMILES string of the molecule is C=CCOc1cccc([C@H]2/C(=C(\O)c3ccc(C)cc3)C(=O)C(=O)N2CCN(CC)CC)c1. The third kappa shape index (κ3) is 5.34. The molecule has 2 aromatic carbocycles. The molecule has 0 aromatic heterocycles. The standard InChI is InChI=1S/C27H32N2O4/c1-5-17-33-22-10-8-9-21(18-22)24-23(25(30)20-13-11-19(4)12-14-20)26(31)27(32)29(24)16-15-28(6-2)7-3/h5,8-14,18,24,30H,1,6-7,15-17H2,2-4H3/b25-23+/t24-/m0/s1. The lowest BCUT2D eigenvalue weighted by atomic mass is 9.95. The molecule has 1 aliphatic heterocycles. The number of aliphatic hydroxyl groups is 1. The molecular weight excluding hydrogens is 416 g/mol. The zero-order valence-corrected chi connectivity index (χ0v) is 19.6. The molecule has 3 rings (SSSR count). The number of carbonyl (C=O) groups is 2. The zero-order chi connectivity index (χ0) is 24.0. The van der Waals surface area contributed by atoms with Crippen molar-refractivity contribution in [1.29, 1.82) is 0 Å². The van der Waals surface area contributed by atoms with Crippen molar-refractivity contribution in [2.45, 2.75) is 26.8 Å². The van der Waals surface area contributed by atoms with E-state index in [1.807, 2.05) is 43.3 Å². The summed E-state index contributed by atoms with van der Waals surface area (Å²) in [7, 11) is 0. The second-order valence-corrected chi connectivity index (χ2v) is 8.06. The first-order valence-electron chi connectivity index (χ1n) is 11.3. The third-order valence-electron chi connectivity index (χ3n) is 5.96. The summed E-state index contributed by atoms with van der Waals surface area (Å²) in [5.41, 5.74) is 2.36. The van der Waals surface area contributed by atoms with Crippen LogP contribution < -0.4 is 4.74 Å². The molecule has 0 unspecified atom stereocenters. The molecule has 1 N–H and O–H groups in total. The lowest BCUT2D eigenvalue weighted by molar-refractivity contribution is -0.140. The van der Waals surface area contributed by atoms with E-state index in [4.69, 9.17) is 4.74 Å². The van der Waals surface area contributed by atoms with Crippen LogP contribution in [-0.4, -0.2) is 59.4 Å². The molecule has 1 fully saturated rings. The van der Waals surface area contributed by atoms with Gasteiger partial charge >= 0.3 is 0 Å². The number of rotatable bonds is 10. The molecule has 33 heavy (non-hydrogen) atoms. The molecular formula is C27H32N2O4. The number of Topliss-reactive ketones (excluding diaryl/α,β-unsaturated/α-hetero) is 1. The minimum absolute atomic E-state index is 0.101. The van der Waals surface area contributed by atoms with E-state index in [2.05, 4.69) is 25.3 Å². The normalized spacial score (nSPS) is 17.6. The van der Waals surface area contributed by atoms with Crippen LogP contribution >= 0.6 is 0 Å². The number of aryl methyl sites for hydroxylation is 1. The van der Waals surface area contributed by atoms with Crippen molar-refractivity contribution in [2.24, 2.45) is 0 Å². The van der Waals surface area contributed by atoms with E-state index >= 15 is 0 Å². The molecule has 1 atom stereocenters. The lowest BCUT2D eigenvalue weighted by Crippen LogP contribution is -2.38. The summed E-state index contributed by atoms with van der Waals surface area (Å²) in [5, 5.41) is 11.2. The van der Waals surface area contributed by atoms with Crippen molar-refractivity contribution in [3.63, 3.8) is 0 Å². The monoisotopic (exact) mass is 448 g/mol. The molecule has 1 aliphatic rings. The van der Waals surface area contributed by atoms with Crippen LogP contribution in [0.3, 0.4) is 0 Å². The molecule has 2 aromatic rings. The summed E-state index contributed by atoms with van der Waals surface area (Å²) in [6, 6.07) is 13.8. The Hall–Kier alpha value is -3.38. The number of carbonyl (C=O) groups excluding carboxylic acids is 2. The predicted octanol–water partition coefficient (Wildman–Crippen LogP) is 4.32. The Morgan fingerprint density at radius 1 is 1.15 bits per heavy atom. The van der Waals surface area contributed by atoms with E-state index in [0.717, 1.165) is 18.7 Å². The summed E-state index contributed by atoms with van der Waals surface area (Å²) < 4.78 is 5.68. The van der Waals surface area contributed by atoms with Crippen molar-refractivity contribution in [2.75, 3.05) is 32.8 Å². The maximum absolute atomic E-state index is 13.2. The highest BCUT2D eigenvalue weighted by molar-refractivity contribution is 6.46. The Labute approximate surface area is 195 Å². The molecule has 0 bridgehead atoms. The van der Waals surface area contributed by atoms with Crippen LogP contribution in [0.25, 0.3) is 5.76 Å². The van der Waals surface area contributed by atoms with Gasteiger partial charge in [-0.3, -0.25) is 9.59 Å². The van der Waals surface area contributed by atoms with Crippen LogP contribution in [0.5, 0.6) is 5.75 Å². The predicted molar refractivity (Wildman–Crippen MR) is 130 cm³/mol. The number of hydrogen-bond donors (Lipinski definition) is 1. The highest BCUT2D eigenvalue weighted by Crippen LogP contribution is 2.40. The van der Waals surface area contributed by atoms with E-state index in [0.29, 0.717) is 36.6 Å². The molecule has 0 spiro atoms. The van der Waals surface area contributed by atoms with Gasteiger partial charge in [0.15, 0.2) is 0 Å². The van der Waals surface area contributed by atoms with Crippen LogP contribution in [-0.2, 0) is 9.59 Å². The lowest BCUT2D eigenvalue weighted by Gasteiger charge is -2.28. The molecule has 174 valence electrons. The Bertz CT molecular complexity index is 1040. The van der Waals surface area contributed by atoms with E-state index < -0.39 is 17.7 Å². The van der Waals surface area contributed by atoms with Gasteiger partial charge < -0.3 is 19.6 Å². The molecule has 0 radical (unpaired) electrons. The van der Waals surface area contributed by atoms with Crippen LogP contribution in [0.4, 0.5) is 0 Å². The highest BCUT2D eigenvalue weighted by Gasteiger charge is 2.46. The average molecular weight is 449 g/mol.